The largest absolute Gasteiger partial charge is 0.348 e. The fourth-order valence-corrected chi connectivity index (χ4v) is 2.54. The van der Waals surface area contributed by atoms with Gasteiger partial charge in [0.1, 0.15) is 11.5 Å². The molecule has 1 aromatic heterocycles. The first kappa shape index (κ1) is 20.5. The molecule has 1 amide bonds. The van der Waals surface area contributed by atoms with E-state index in [0.29, 0.717) is 5.56 Å². The zero-order valence-electron chi connectivity index (χ0n) is 15.4. The van der Waals surface area contributed by atoms with Crippen LogP contribution in [0.3, 0.4) is 0 Å². The monoisotopic (exact) mass is 382 g/mol. The molecule has 0 unspecified atom stereocenters. The summed E-state index contributed by atoms with van der Waals surface area (Å²) in [6.45, 7) is 3.58. The Kier molecular flexibility index (Phi) is 6.24. The molecule has 1 heterocycles. The predicted molar refractivity (Wildman–Crippen MR) is 95.6 cm³/mol. The number of carbonyl (C=O) groups excluding carboxylic acids is 1. The standard InChI is InChI=1S/C18H21F3N4O2/c1-9(2)15(10-5-6-11(16(20)21)12(19)7-10)24-17(27)13-8-14(26)23-18(22-13)25(3)4/h5-9,15-16H,1-4H3,(H,24,27)(H,22,23,26)/t15-/m1/s1. The minimum Gasteiger partial charge on any atom is -0.348 e. The first-order valence-corrected chi connectivity index (χ1v) is 8.27. The summed E-state index contributed by atoms with van der Waals surface area (Å²) in [7, 11) is 3.31. The minimum atomic E-state index is -2.92. The number of anilines is 1. The highest BCUT2D eigenvalue weighted by Gasteiger charge is 2.23. The maximum Gasteiger partial charge on any atom is 0.270 e. The van der Waals surface area contributed by atoms with E-state index in [1.54, 1.807) is 27.9 Å². The second-order valence-electron chi connectivity index (χ2n) is 6.63. The van der Waals surface area contributed by atoms with E-state index >= 15 is 0 Å². The van der Waals surface area contributed by atoms with E-state index in [-0.39, 0.29) is 17.6 Å². The van der Waals surface area contributed by atoms with Crippen LogP contribution < -0.4 is 15.8 Å². The third-order valence-electron chi connectivity index (χ3n) is 3.96. The molecule has 146 valence electrons. The Labute approximate surface area is 154 Å². The van der Waals surface area contributed by atoms with Crippen LogP contribution >= 0.6 is 0 Å². The van der Waals surface area contributed by atoms with E-state index in [4.69, 9.17) is 0 Å². The van der Waals surface area contributed by atoms with E-state index in [2.05, 4.69) is 15.3 Å². The van der Waals surface area contributed by atoms with Crippen LogP contribution in [-0.4, -0.2) is 30.0 Å². The Bertz CT molecular complexity index is 881. The molecule has 9 heteroatoms. The number of H-pyrrole nitrogens is 1. The number of nitrogens with one attached hydrogen (secondary N) is 2. The zero-order chi connectivity index (χ0) is 20.3. The topological polar surface area (TPSA) is 78.1 Å². The molecule has 0 spiro atoms. The Morgan fingerprint density at radius 2 is 1.89 bits per heavy atom. The van der Waals surface area contributed by atoms with Crippen LogP contribution in [-0.2, 0) is 0 Å². The van der Waals surface area contributed by atoms with Crippen LogP contribution in [0.15, 0.2) is 29.1 Å². The van der Waals surface area contributed by atoms with Crippen molar-refractivity contribution in [3.05, 3.63) is 57.3 Å². The first-order chi connectivity index (χ1) is 12.6. The summed E-state index contributed by atoms with van der Waals surface area (Å²) in [4.78, 5) is 32.4. The van der Waals surface area contributed by atoms with Crippen molar-refractivity contribution < 1.29 is 18.0 Å². The number of rotatable bonds is 6. The number of alkyl halides is 2. The van der Waals surface area contributed by atoms with Crippen LogP contribution in [0, 0.1) is 11.7 Å². The highest BCUT2D eigenvalue weighted by Crippen LogP contribution is 2.28. The van der Waals surface area contributed by atoms with Gasteiger partial charge < -0.3 is 10.2 Å². The van der Waals surface area contributed by atoms with Crippen LogP contribution in [0.2, 0.25) is 0 Å². The van der Waals surface area contributed by atoms with Crippen LogP contribution in [0.25, 0.3) is 0 Å². The molecule has 0 fully saturated rings. The van der Waals surface area contributed by atoms with Gasteiger partial charge in [-0.05, 0) is 17.5 Å². The molecule has 0 bridgehead atoms. The maximum absolute atomic E-state index is 13.9. The second-order valence-corrected chi connectivity index (χ2v) is 6.63. The highest BCUT2D eigenvalue weighted by molar-refractivity contribution is 5.92. The Balaban J connectivity index is 2.33. The number of carbonyl (C=O) groups is 1. The van der Waals surface area contributed by atoms with Crippen molar-refractivity contribution in [2.24, 2.45) is 5.92 Å². The minimum absolute atomic E-state index is 0.0993. The normalized spacial score (nSPS) is 12.3. The maximum atomic E-state index is 13.9. The molecule has 27 heavy (non-hydrogen) atoms. The molecular weight excluding hydrogens is 361 g/mol. The number of aromatic nitrogens is 2. The average Bonchev–Trinajstić information content (AvgIpc) is 2.58. The molecule has 1 atom stereocenters. The van der Waals surface area contributed by atoms with Crippen molar-refractivity contribution in [2.45, 2.75) is 26.3 Å². The number of aromatic amines is 1. The summed E-state index contributed by atoms with van der Waals surface area (Å²) >= 11 is 0. The van der Waals surface area contributed by atoms with E-state index in [0.717, 1.165) is 18.2 Å². The summed E-state index contributed by atoms with van der Waals surface area (Å²) in [5, 5.41) is 2.69. The van der Waals surface area contributed by atoms with E-state index in [1.807, 2.05) is 0 Å². The lowest BCUT2D eigenvalue weighted by molar-refractivity contribution is 0.0920. The third kappa shape index (κ3) is 4.87. The van der Waals surface area contributed by atoms with Crippen molar-refractivity contribution in [3.63, 3.8) is 0 Å². The van der Waals surface area contributed by atoms with Gasteiger partial charge in [0.25, 0.3) is 17.9 Å². The van der Waals surface area contributed by atoms with Crippen molar-refractivity contribution >= 4 is 11.9 Å². The van der Waals surface area contributed by atoms with Gasteiger partial charge in [-0.15, -0.1) is 0 Å². The lowest BCUT2D eigenvalue weighted by Crippen LogP contribution is -2.33. The fraction of sp³-hybridized carbons (Fsp3) is 0.389. The molecule has 0 saturated heterocycles. The number of halogens is 3. The van der Waals surface area contributed by atoms with Gasteiger partial charge in [-0.1, -0.05) is 26.0 Å². The van der Waals surface area contributed by atoms with Crippen molar-refractivity contribution in [2.75, 3.05) is 19.0 Å². The van der Waals surface area contributed by atoms with Gasteiger partial charge in [0, 0.05) is 20.2 Å². The predicted octanol–water partition coefficient (Wildman–Crippen LogP) is 3.04. The van der Waals surface area contributed by atoms with Gasteiger partial charge in [-0.3, -0.25) is 14.6 Å². The molecular formula is C18H21F3N4O2. The van der Waals surface area contributed by atoms with Crippen molar-refractivity contribution in [1.29, 1.82) is 0 Å². The fourth-order valence-electron chi connectivity index (χ4n) is 2.54. The molecule has 0 saturated carbocycles. The molecule has 1 aromatic carbocycles. The first-order valence-electron chi connectivity index (χ1n) is 8.27. The van der Waals surface area contributed by atoms with Crippen LogP contribution in [0.4, 0.5) is 19.1 Å². The Morgan fingerprint density at radius 1 is 1.22 bits per heavy atom. The summed E-state index contributed by atoms with van der Waals surface area (Å²) in [6, 6.07) is 3.75. The number of nitrogens with zero attached hydrogens (tertiary/aromatic N) is 2. The number of hydrogen-bond acceptors (Lipinski definition) is 4. The van der Waals surface area contributed by atoms with Gasteiger partial charge in [0.2, 0.25) is 5.95 Å². The van der Waals surface area contributed by atoms with E-state index in [9.17, 15) is 22.8 Å². The van der Waals surface area contributed by atoms with Gasteiger partial charge in [-0.25, -0.2) is 18.2 Å². The highest BCUT2D eigenvalue weighted by atomic mass is 19.3. The molecule has 0 aliphatic rings. The van der Waals surface area contributed by atoms with Gasteiger partial charge in [-0.2, -0.15) is 0 Å². The van der Waals surface area contributed by atoms with Gasteiger partial charge in [0.15, 0.2) is 0 Å². The lowest BCUT2D eigenvalue weighted by atomic mass is 9.94. The summed E-state index contributed by atoms with van der Waals surface area (Å²) < 4.78 is 39.4. The summed E-state index contributed by atoms with van der Waals surface area (Å²) in [5.41, 5.74) is -0.942. The Hall–Kier alpha value is -2.84. The molecule has 2 rings (SSSR count). The SMILES string of the molecule is CC(C)[C@@H](NC(=O)c1cc(=O)[nH]c(N(C)C)n1)c1ccc(C(F)F)c(F)c1. The number of benzene rings is 1. The van der Waals surface area contributed by atoms with Crippen molar-refractivity contribution in [1.82, 2.24) is 15.3 Å². The molecule has 2 aromatic rings. The molecule has 2 N–H and O–H groups in total. The summed E-state index contributed by atoms with van der Waals surface area (Å²) in [6.07, 6.45) is -2.92. The smallest absolute Gasteiger partial charge is 0.270 e. The summed E-state index contributed by atoms with van der Waals surface area (Å²) in [5.74, 6) is -1.62. The molecule has 6 nitrogen and oxygen atoms in total. The third-order valence-corrected chi connectivity index (χ3v) is 3.96. The van der Waals surface area contributed by atoms with Gasteiger partial charge in [0.05, 0.1) is 11.6 Å². The Morgan fingerprint density at radius 3 is 2.41 bits per heavy atom. The molecule has 0 aliphatic carbocycles. The number of hydrogen-bond donors (Lipinski definition) is 2. The quantitative estimate of drug-likeness (QED) is 0.805. The lowest BCUT2D eigenvalue weighted by Gasteiger charge is -2.23. The van der Waals surface area contributed by atoms with E-state index < -0.39 is 35.3 Å². The number of amides is 1. The molecule has 0 aliphatic heterocycles. The van der Waals surface area contributed by atoms with E-state index in [1.165, 1.54) is 11.0 Å². The van der Waals surface area contributed by atoms with Crippen molar-refractivity contribution in [3.8, 4) is 0 Å². The van der Waals surface area contributed by atoms with Gasteiger partial charge >= 0.3 is 0 Å². The van der Waals surface area contributed by atoms with Crippen LogP contribution in [0.1, 0.15) is 47.9 Å². The van der Waals surface area contributed by atoms with Crippen LogP contribution in [0.5, 0.6) is 0 Å². The second kappa shape index (κ2) is 8.24. The average molecular weight is 382 g/mol. The molecule has 0 radical (unpaired) electrons. The zero-order valence-corrected chi connectivity index (χ0v) is 15.4.